The average Bonchev–Trinajstić information content (AvgIpc) is 2.88. The second-order valence-electron chi connectivity index (χ2n) is 4.62. The molecular weight excluding hydrogens is 276 g/mol. The molecular formula is C14H16N2O3S. The molecule has 2 rings (SSSR count). The lowest BCUT2D eigenvalue weighted by atomic mass is 10.1. The van der Waals surface area contributed by atoms with Gasteiger partial charge in [0.25, 0.3) is 11.5 Å². The molecule has 0 saturated heterocycles. The molecule has 5 nitrogen and oxygen atoms in total. The van der Waals surface area contributed by atoms with E-state index < -0.39 is 17.6 Å². The first-order valence-corrected chi connectivity index (χ1v) is 7.12. The number of aromatic amines is 1. The van der Waals surface area contributed by atoms with Gasteiger partial charge in [-0.3, -0.25) is 9.59 Å². The minimum atomic E-state index is -0.768. The number of aliphatic hydroxyl groups is 1. The van der Waals surface area contributed by atoms with E-state index in [0.717, 1.165) is 5.56 Å². The van der Waals surface area contributed by atoms with Crippen LogP contribution in [0.25, 0.3) is 0 Å². The normalized spacial score (nSPS) is 12.2. The Morgan fingerprint density at radius 3 is 2.85 bits per heavy atom. The highest BCUT2D eigenvalue weighted by Gasteiger charge is 2.16. The maximum absolute atomic E-state index is 12.0. The highest BCUT2D eigenvalue weighted by Crippen LogP contribution is 2.15. The van der Waals surface area contributed by atoms with E-state index in [4.69, 9.17) is 0 Å². The van der Waals surface area contributed by atoms with Crippen LogP contribution in [0.3, 0.4) is 0 Å². The second kappa shape index (κ2) is 6.02. The largest absolute Gasteiger partial charge is 0.387 e. The first-order valence-electron chi connectivity index (χ1n) is 6.18. The number of carbonyl (C=O) groups excluding carboxylic acids is 1. The summed E-state index contributed by atoms with van der Waals surface area (Å²) in [5.74, 6) is -0.474. The molecule has 2 aromatic rings. The lowest BCUT2D eigenvalue weighted by Crippen LogP contribution is -2.33. The Bertz CT molecular complexity index is 662. The van der Waals surface area contributed by atoms with Gasteiger partial charge in [-0.1, -0.05) is 0 Å². The summed E-state index contributed by atoms with van der Waals surface area (Å²) < 4.78 is 0. The summed E-state index contributed by atoms with van der Waals surface area (Å²) in [6, 6.07) is 3.54. The van der Waals surface area contributed by atoms with E-state index in [1.165, 1.54) is 11.3 Å². The van der Waals surface area contributed by atoms with Gasteiger partial charge in [0.15, 0.2) is 0 Å². The molecule has 106 valence electrons. The van der Waals surface area contributed by atoms with Crippen LogP contribution in [0.2, 0.25) is 0 Å². The SMILES string of the molecule is Cc1cc(C)c(C(=O)NCC(O)c2ccsc2)c(=O)[nH]1. The molecule has 0 saturated carbocycles. The lowest BCUT2D eigenvalue weighted by molar-refractivity contribution is 0.0914. The first-order chi connectivity index (χ1) is 9.49. The van der Waals surface area contributed by atoms with Crippen LogP contribution in [0, 0.1) is 13.8 Å². The van der Waals surface area contributed by atoms with Crippen LogP contribution in [-0.2, 0) is 0 Å². The van der Waals surface area contributed by atoms with Gasteiger partial charge in [-0.25, -0.2) is 0 Å². The number of hydrogen-bond donors (Lipinski definition) is 3. The number of rotatable bonds is 4. The van der Waals surface area contributed by atoms with Crippen molar-refractivity contribution in [2.75, 3.05) is 6.54 Å². The highest BCUT2D eigenvalue weighted by atomic mass is 32.1. The third kappa shape index (κ3) is 3.15. The molecule has 2 aromatic heterocycles. The number of aliphatic hydroxyl groups excluding tert-OH is 1. The van der Waals surface area contributed by atoms with Crippen LogP contribution >= 0.6 is 11.3 Å². The predicted molar refractivity (Wildman–Crippen MR) is 78.1 cm³/mol. The van der Waals surface area contributed by atoms with Crippen LogP contribution in [0.15, 0.2) is 27.7 Å². The molecule has 20 heavy (non-hydrogen) atoms. The molecule has 0 aliphatic rings. The molecule has 0 bridgehead atoms. The smallest absolute Gasteiger partial charge is 0.261 e. The predicted octanol–water partition coefficient (Wildman–Crippen LogP) is 1.52. The van der Waals surface area contributed by atoms with Crippen molar-refractivity contribution in [2.45, 2.75) is 20.0 Å². The fourth-order valence-corrected chi connectivity index (χ4v) is 2.70. The molecule has 0 aromatic carbocycles. The van der Waals surface area contributed by atoms with Crippen molar-refractivity contribution in [1.29, 1.82) is 0 Å². The number of pyridine rings is 1. The summed E-state index contributed by atoms with van der Waals surface area (Å²) in [4.78, 5) is 26.4. The van der Waals surface area contributed by atoms with Gasteiger partial charge in [0, 0.05) is 12.2 Å². The van der Waals surface area contributed by atoms with Crippen molar-refractivity contribution >= 4 is 17.2 Å². The average molecular weight is 292 g/mol. The molecule has 0 aliphatic heterocycles. The molecule has 1 amide bonds. The molecule has 0 aliphatic carbocycles. The Balaban J connectivity index is 2.08. The van der Waals surface area contributed by atoms with Crippen molar-refractivity contribution in [3.8, 4) is 0 Å². The quantitative estimate of drug-likeness (QED) is 0.799. The summed E-state index contributed by atoms with van der Waals surface area (Å²) in [6.45, 7) is 3.55. The second-order valence-corrected chi connectivity index (χ2v) is 5.40. The van der Waals surface area contributed by atoms with Gasteiger partial charge >= 0.3 is 0 Å². The highest BCUT2D eigenvalue weighted by molar-refractivity contribution is 7.07. The molecule has 1 unspecified atom stereocenters. The van der Waals surface area contributed by atoms with Crippen LogP contribution in [0.1, 0.15) is 33.3 Å². The van der Waals surface area contributed by atoms with Gasteiger partial charge in [0.2, 0.25) is 0 Å². The zero-order chi connectivity index (χ0) is 14.7. The van der Waals surface area contributed by atoms with E-state index in [1.807, 2.05) is 10.8 Å². The van der Waals surface area contributed by atoms with Crippen LogP contribution in [0.4, 0.5) is 0 Å². The Hall–Kier alpha value is -1.92. The van der Waals surface area contributed by atoms with Gasteiger partial charge < -0.3 is 15.4 Å². The van der Waals surface area contributed by atoms with Gasteiger partial charge in [-0.05, 0) is 47.9 Å². The van der Waals surface area contributed by atoms with E-state index in [9.17, 15) is 14.7 Å². The summed E-state index contributed by atoms with van der Waals surface area (Å²) in [5, 5.41) is 16.2. The Morgan fingerprint density at radius 1 is 1.50 bits per heavy atom. The summed E-state index contributed by atoms with van der Waals surface area (Å²) >= 11 is 1.48. The number of nitrogens with one attached hydrogen (secondary N) is 2. The summed E-state index contributed by atoms with van der Waals surface area (Å²) in [5.41, 5.74) is 1.76. The minimum absolute atomic E-state index is 0.0717. The first kappa shape index (κ1) is 14.5. The van der Waals surface area contributed by atoms with Crippen molar-refractivity contribution < 1.29 is 9.90 Å². The van der Waals surface area contributed by atoms with Crippen molar-refractivity contribution in [1.82, 2.24) is 10.3 Å². The molecule has 0 fully saturated rings. The maximum atomic E-state index is 12.0. The Morgan fingerprint density at radius 2 is 2.25 bits per heavy atom. The lowest BCUT2D eigenvalue weighted by Gasteiger charge is -2.11. The fourth-order valence-electron chi connectivity index (χ4n) is 2.00. The Labute approximate surface area is 120 Å². The van der Waals surface area contributed by atoms with Crippen LogP contribution in [0.5, 0.6) is 0 Å². The van der Waals surface area contributed by atoms with Crippen molar-refractivity contribution in [3.05, 3.63) is 55.6 Å². The number of thiophene rings is 1. The number of amides is 1. The monoisotopic (exact) mass is 292 g/mol. The Kier molecular flexibility index (Phi) is 4.36. The maximum Gasteiger partial charge on any atom is 0.261 e. The minimum Gasteiger partial charge on any atom is -0.387 e. The van der Waals surface area contributed by atoms with E-state index >= 15 is 0 Å². The zero-order valence-electron chi connectivity index (χ0n) is 11.3. The summed E-state index contributed by atoms with van der Waals surface area (Å²) in [7, 11) is 0. The third-order valence-electron chi connectivity index (χ3n) is 2.98. The van der Waals surface area contributed by atoms with Gasteiger partial charge in [-0.15, -0.1) is 0 Å². The van der Waals surface area contributed by atoms with Gasteiger partial charge in [-0.2, -0.15) is 11.3 Å². The molecule has 1 atom stereocenters. The molecule has 0 spiro atoms. The zero-order valence-corrected chi connectivity index (χ0v) is 12.1. The summed E-state index contributed by atoms with van der Waals surface area (Å²) in [6.07, 6.45) is -0.768. The number of aromatic nitrogens is 1. The third-order valence-corrected chi connectivity index (χ3v) is 3.68. The number of aryl methyl sites for hydroxylation is 2. The van der Waals surface area contributed by atoms with E-state index in [0.29, 0.717) is 11.3 Å². The van der Waals surface area contributed by atoms with Crippen LogP contribution in [-0.4, -0.2) is 22.5 Å². The number of carbonyl (C=O) groups is 1. The standard InChI is InChI=1S/C14H16N2O3S/c1-8-5-9(2)16-14(19)12(8)13(18)15-6-11(17)10-3-4-20-7-10/h3-5,7,11,17H,6H2,1-2H3,(H,15,18)(H,16,19). The number of H-pyrrole nitrogens is 1. The molecule has 0 radical (unpaired) electrons. The topological polar surface area (TPSA) is 82.2 Å². The van der Waals surface area contributed by atoms with Crippen LogP contribution < -0.4 is 10.9 Å². The molecule has 2 heterocycles. The fraction of sp³-hybridized carbons (Fsp3) is 0.286. The van der Waals surface area contributed by atoms with Gasteiger partial charge in [0.05, 0.1) is 6.10 Å². The van der Waals surface area contributed by atoms with Gasteiger partial charge in [0.1, 0.15) is 5.56 Å². The van der Waals surface area contributed by atoms with E-state index in [-0.39, 0.29) is 12.1 Å². The molecule has 3 N–H and O–H groups in total. The van der Waals surface area contributed by atoms with Crippen molar-refractivity contribution in [3.63, 3.8) is 0 Å². The van der Waals surface area contributed by atoms with E-state index in [2.05, 4.69) is 10.3 Å². The molecule has 6 heteroatoms. The van der Waals surface area contributed by atoms with E-state index in [1.54, 1.807) is 26.0 Å². The van der Waals surface area contributed by atoms with Crippen molar-refractivity contribution in [2.24, 2.45) is 0 Å². The number of hydrogen-bond acceptors (Lipinski definition) is 4.